The second kappa shape index (κ2) is 9.17. The summed E-state index contributed by atoms with van der Waals surface area (Å²) in [6.07, 6.45) is 14.7. The zero-order valence-electron chi connectivity index (χ0n) is 15.4. The average molecular weight is 325 g/mol. The van der Waals surface area contributed by atoms with Gasteiger partial charge in [0.05, 0.1) is 0 Å². The second-order valence-electron chi connectivity index (χ2n) is 8.00. The van der Waals surface area contributed by atoms with Gasteiger partial charge in [-0.05, 0) is 19.8 Å². The quantitative estimate of drug-likeness (QED) is 0.387. The number of hydrogen-bond donors (Lipinski definition) is 0. The highest BCUT2D eigenvalue weighted by Crippen LogP contribution is 2.44. The third-order valence-electron chi connectivity index (χ3n) is 6.03. The molecule has 1 aliphatic heterocycles. The number of ketones is 1. The van der Waals surface area contributed by atoms with Crippen molar-refractivity contribution >= 4 is 5.78 Å². The molecule has 1 aliphatic carbocycles. The lowest BCUT2D eigenvalue weighted by molar-refractivity contribution is -0.429. The van der Waals surface area contributed by atoms with E-state index in [1.54, 1.807) is 0 Å². The minimum absolute atomic E-state index is 0.00325. The van der Waals surface area contributed by atoms with Crippen molar-refractivity contribution < 1.29 is 14.6 Å². The predicted molar refractivity (Wildman–Crippen MR) is 93.1 cm³/mol. The minimum atomic E-state index is -0.257. The van der Waals surface area contributed by atoms with Gasteiger partial charge in [0.25, 0.3) is 0 Å². The Bertz CT molecular complexity index is 368. The van der Waals surface area contributed by atoms with Crippen LogP contribution in [0.1, 0.15) is 97.8 Å². The molecule has 0 aromatic heterocycles. The highest BCUT2D eigenvalue weighted by molar-refractivity contribution is 5.82. The smallest absolute Gasteiger partial charge is 0.138 e. The molecule has 0 amide bonds. The van der Waals surface area contributed by atoms with Gasteiger partial charge in [0, 0.05) is 18.3 Å². The first kappa shape index (κ1) is 18.9. The van der Waals surface area contributed by atoms with Gasteiger partial charge in [-0.15, -0.1) is 0 Å². The fraction of sp³-hybridized carbons (Fsp3) is 0.950. The lowest BCUT2D eigenvalue weighted by Crippen LogP contribution is -2.52. The molecule has 0 radical (unpaired) electrons. The van der Waals surface area contributed by atoms with Gasteiger partial charge in [-0.25, -0.2) is 9.78 Å². The summed E-state index contributed by atoms with van der Waals surface area (Å²) in [5.41, 5.74) is -0.257. The fourth-order valence-electron chi connectivity index (χ4n) is 4.06. The molecule has 0 N–H and O–H groups in total. The van der Waals surface area contributed by atoms with Crippen molar-refractivity contribution in [3.63, 3.8) is 0 Å². The standard InChI is InChI=1S/C20H36O3/c1-4-5-6-7-8-9-10-11-12-13-20(3)17-14-18(21)16(2)19(15-17)22-23-20/h16-17,19H,4-15H2,1-3H3/t16-,17+,19+,20-/m0/s1. The molecular formula is C20H36O3. The zero-order valence-corrected chi connectivity index (χ0v) is 15.4. The van der Waals surface area contributed by atoms with Crippen LogP contribution in [0.3, 0.4) is 0 Å². The van der Waals surface area contributed by atoms with Crippen LogP contribution in [0.4, 0.5) is 0 Å². The van der Waals surface area contributed by atoms with Gasteiger partial charge < -0.3 is 0 Å². The van der Waals surface area contributed by atoms with Crippen molar-refractivity contribution in [2.24, 2.45) is 11.8 Å². The highest BCUT2D eigenvalue weighted by atomic mass is 17.2. The normalized spacial score (nSPS) is 33.9. The van der Waals surface area contributed by atoms with E-state index in [2.05, 4.69) is 13.8 Å². The number of fused-ring (bicyclic) bond motifs is 2. The number of unbranched alkanes of at least 4 members (excludes halogenated alkanes) is 8. The summed E-state index contributed by atoms with van der Waals surface area (Å²) in [6, 6.07) is 0. The van der Waals surface area contributed by atoms with E-state index >= 15 is 0 Å². The van der Waals surface area contributed by atoms with Gasteiger partial charge in [0.1, 0.15) is 17.5 Å². The summed E-state index contributed by atoms with van der Waals surface area (Å²) in [5.74, 6) is 0.704. The van der Waals surface area contributed by atoms with Crippen LogP contribution >= 0.6 is 0 Å². The third kappa shape index (κ3) is 5.29. The van der Waals surface area contributed by atoms with E-state index < -0.39 is 0 Å². The van der Waals surface area contributed by atoms with Crippen LogP contribution in [0.2, 0.25) is 0 Å². The van der Waals surface area contributed by atoms with Crippen LogP contribution in [-0.2, 0) is 14.6 Å². The van der Waals surface area contributed by atoms with Gasteiger partial charge in [0.15, 0.2) is 0 Å². The van der Waals surface area contributed by atoms with Crippen LogP contribution < -0.4 is 0 Å². The first-order chi connectivity index (χ1) is 11.1. The molecule has 3 nitrogen and oxygen atoms in total. The van der Waals surface area contributed by atoms with Crippen molar-refractivity contribution in [3.8, 4) is 0 Å². The summed E-state index contributed by atoms with van der Waals surface area (Å²) in [4.78, 5) is 23.4. The summed E-state index contributed by atoms with van der Waals surface area (Å²) in [5, 5.41) is 0. The Hall–Kier alpha value is -0.410. The molecule has 134 valence electrons. The predicted octanol–water partition coefficient (Wildman–Crippen LogP) is 5.61. The molecule has 3 heteroatoms. The van der Waals surface area contributed by atoms with Crippen molar-refractivity contribution in [1.29, 1.82) is 0 Å². The molecule has 0 spiro atoms. The molecular weight excluding hydrogens is 288 g/mol. The number of carbonyl (C=O) groups is 1. The van der Waals surface area contributed by atoms with Crippen LogP contribution in [-0.4, -0.2) is 17.5 Å². The van der Waals surface area contributed by atoms with E-state index in [1.165, 1.54) is 57.8 Å². The first-order valence-corrected chi connectivity index (χ1v) is 9.94. The van der Waals surface area contributed by atoms with Gasteiger partial charge in [-0.1, -0.05) is 71.6 Å². The maximum absolute atomic E-state index is 12.1. The molecule has 2 bridgehead atoms. The van der Waals surface area contributed by atoms with Gasteiger partial charge in [-0.2, -0.15) is 0 Å². The fourth-order valence-corrected chi connectivity index (χ4v) is 4.06. The summed E-state index contributed by atoms with van der Waals surface area (Å²) >= 11 is 0. The Morgan fingerprint density at radius 3 is 2.30 bits per heavy atom. The van der Waals surface area contributed by atoms with E-state index in [0.29, 0.717) is 18.1 Å². The molecule has 1 saturated heterocycles. The zero-order chi connectivity index (χ0) is 16.7. The Morgan fingerprint density at radius 1 is 1.04 bits per heavy atom. The number of hydrogen-bond acceptors (Lipinski definition) is 3. The maximum Gasteiger partial charge on any atom is 0.138 e. The van der Waals surface area contributed by atoms with Crippen LogP contribution in [0.15, 0.2) is 0 Å². The molecule has 0 aromatic carbocycles. The van der Waals surface area contributed by atoms with Crippen LogP contribution in [0.5, 0.6) is 0 Å². The average Bonchev–Trinajstić information content (AvgIpc) is 2.54. The van der Waals surface area contributed by atoms with Gasteiger partial charge in [-0.3, -0.25) is 4.79 Å². The summed E-state index contributed by atoms with van der Waals surface area (Å²) in [6.45, 7) is 6.37. The molecule has 2 rings (SSSR count). The molecule has 1 saturated carbocycles. The molecule has 1 heterocycles. The van der Waals surface area contributed by atoms with Gasteiger partial charge in [0.2, 0.25) is 0 Å². The molecule has 4 atom stereocenters. The van der Waals surface area contributed by atoms with Crippen molar-refractivity contribution in [1.82, 2.24) is 0 Å². The maximum atomic E-state index is 12.1. The molecule has 23 heavy (non-hydrogen) atoms. The van der Waals surface area contributed by atoms with E-state index in [9.17, 15) is 4.79 Å². The lowest BCUT2D eigenvalue weighted by atomic mass is 9.70. The molecule has 0 aromatic rings. The number of carbonyl (C=O) groups excluding carboxylic acids is 1. The van der Waals surface area contributed by atoms with Crippen molar-refractivity contribution in [3.05, 3.63) is 0 Å². The minimum Gasteiger partial charge on any atom is -0.299 e. The third-order valence-corrected chi connectivity index (χ3v) is 6.03. The molecule has 2 fully saturated rings. The van der Waals surface area contributed by atoms with Crippen molar-refractivity contribution in [2.45, 2.75) is 110 Å². The Balaban J connectivity index is 1.61. The Kier molecular flexibility index (Phi) is 7.55. The monoisotopic (exact) mass is 324 g/mol. The van der Waals surface area contributed by atoms with Crippen molar-refractivity contribution in [2.75, 3.05) is 0 Å². The second-order valence-corrected chi connectivity index (χ2v) is 8.00. The number of Topliss-reactive ketones (excluding diaryl/α,β-unsaturated/α-hetero) is 1. The van der Waals surface area contributed by atoms with E-state index in [4.69, 9.17) is 9.78 Å². The SMILES string of the molecule is CCCCCCCCCCC[C@]1(C)OO[C@@H]2C[C@H]1CC(=O)[C@@H]2C. The Labute approximate surface area is 142 Å². The number of rotatable bonds is 10. The summed E-state index contributed by atoms with van der Waals surface area (Å²) < 4.78 is 0. The van der Waals surface area contributed by atoms with E-state index in [0.717, 1.165) is 12.8 Å². The first-order valence-electron chi connectivity index (χ1n) is 9.94. The Morgan fingerprint density at radius 2 is 1.65 bits per heavy atom. The topological polar surface area (TPSA) is 35.5 Å². The summed E-state index contributed by atoms with van der Waals surface area (Å²) in [7, 11) is 0. The molecule has 0 unspecified atom stereocenters. The van der Waals surface area contributed by atoms with Gasteiger partial charge >= 0.3 is 0 Å². The largest absolute Gasteiger partial charge is 0.299 e. The highest BCUT2D eigenvalue weighted by Gasteiger charge is 2.49. The van der Waals surface area contributed by atoms with E-state index in [-0.39, 0.29) is 17.6 Å². The molecule has 2 aliphatic rings. The lowest BCUT2D eigenvalue weighted by Gasteiger charge is -2.47. The van der Waals surface area contributed by atoms with Crippen LogP contribution in [0.25, 0.3) is 0 Å². The van der Waals surface area contributed by atoms with Crippen LogP contribution in [0, 0.1) is 11.8 Å². The van der Waals surface area contributed by atoms with E-state index in [1.807, 2.05) is 6.92 Å².